The molecule has 0 radical (unpaired) electrons. The van der Waals surface area contributed by atoms with Crippen molar-refractivity contribution in [2.24, 2.45) is 0 Å². The first-order chi connectivity index (χ1) is 9.20. The van der Waals surface area contributed by atoms with E-state index in [0.717, 1.165) is 25.0 Å². The molecular formula is C13H18N2O4. The average Bonchev–Trinajstić information content (AvgIpc) is 2.90. The lowest BCUT2D eigenvalue weighted by molar-refractivity contribution is -0.384. The summed E-state index contributed by atoms with van der Waals surface area (Å²) in [5, 5.41) is 13.7. The number of non-ortho nitro benzene ring substituents is 1. The number of nitrogens with zero attached hydrogens (tertiary/aromatic N) is 1. The highest BCUT2D eigenvalue weighted by Crippen LogP contribution is 2.25. The van der Waals surface area contributed by atoms with Gasteiger partial charge in [0.1, 0.15) is 12.4 Å². The maximum Gasteiger partial charge on any atom is 0.270 e. The molecule has 1 aliphatic rings. The Kier molecular flexibility index (Phi) is 4.70. The van der Waals surface area contributed by atoms with Crippen molar-refractivity contribution in [3.8, 4) is 5.75 Å². The molecular weight excluding hydrogens is 248 g/mol. The largest absolute Gasteiger partial charge is 0.491 e. The van der Waals surface area contributed by atoms with Crippen LogP contribution in [0.15, 0.2) is 18.2 Å². The topological polar surface area (TPSA) is 73.6 Å². The predicted octanol–water partition coefficient (Wildman–Crippen LogP) is 1.87. The van der Waals surface area contributed by atoms with Crippen LogP contribution in [0, 0.1) is 10.1 Å². The van der Waals surface area contributed by atoms with Crippen LogP contribution < -0.4 is 10.1 Å². The summed E-state index contributed by atoms with van der Waals surface area (Å²) in [6, 6.07) is 4.66. The number of nitrogens with one attached hydrogen (secondary N) is 1. The number of ether oxygens (including phenoxy) is 2. The van der Waals surface area contributed by atoms with Crippen LogP contribution in [-0.4, -0.2) is 31.3 Å². The van der Waals surface area contributed by atoms with E-state index in [4.69, 9.17) is 9.47 Å². The Morgan fingerprint density at radius 3 is 3.05 bits per heavy atom. The van der Waals surface area contributed by atoms with Crippen molar-refractivity contribution in [1.29, 1.82) is 0 Å². The summed E-state index contributed by atoms with van der Waals surface area (Å²) in [7, 11) is 1.79. The molecule has 104 valence electrons. The van der Waals surface area contributed by atoms with Crippen LogP contribution in [0.3, 0.4) is 0 Å². The molecule has 1 aromatic rings. The normalized spacial score (nSPS) is 18.5. The highest BCUT2D eigenvalue weighted by atomic mass is 16.6. The van der Waals surface area contributed by atoms with E-state index in [2.05, 4.69) is 5.32 Å². The van der Waals surface area contributed by atoms with Gasteiger partial charge in [-0.15, -0.1) is 0 Å². The second kappa shape index (κ2) is 6.49. The lowest BCUT2D eigenvalue weighted by Crippen LogP contribution is -2.17. The zero-order chi connectivity index (χ0) is 13.7. The SMILES string of the molecule is CNCc1cc([N+](=O)[O-])ccc1OCC1CCCO1. The number of hydrogen-bond acceptors (Lipinski definition) is 5. The van der Waals surface area contributed by atoms with Gasteiger partial charge in [0.25, 0.3) is 5.69 Å². The number of hydrogen-bond donors (Lipinski definition) is 1. The van der Waals surface area contributed by atoms with Crippen LogP contribution in [0.5, 0.6) is 5.75 Å². The third-order valence-electron chi connectivity index (χ3n) is 3.07. The lowest BCUT2D eigenvalue weighted by atomic mass is 10.1. The molecule has 0 saturated carbocycles. The standard InChI is InChI=1S/C13H18N2O4/c1-14-8-10-7-11(15(16)17)4-5-13(10)19-9-12-3-2-6-18-12/h4-5,7,12,14H,2-3,6,8-9H2,1H3. The van der Waals surface area contributed by atoms with E-state index >= 15 is 0 Å². The number of nitro groups is 1. The molecule has 1 heterocycles. The van der Waals surface area contributed by atoms with Crippen LogP contribution in [0.25, 0.3) is 0 Å². The minimum Gasteiger partial charge on any atom is -0.491 e. The molecule has 0 aromatic heterocycles. The fourth-order valence-corrected chi connectivity index (χ4v) is 2.11. The first-order valence-corrected chi connectivity index (χ1v) is 6.37. The molecule has 0 spiro atoms. The van der Waals surface area contributed by atoms with Gasteiger partial charge in [-0.2, -0.15) is 0 Å². The van der Waals surface area contributed by atoms with E-state index in [1.165, 1.54) is 6.07 Å². The minimum atomic E-state index is -0.400. The molecule has 1 N–H and O–H groups in total. The molecule has 1 unspecified atom stereocenters. The van der Waals surface area contributed by atoms with Gasteiger partial charge in [-0.05, 0) is 26.0 Å². The van der Waals surface area contributed by atoms with E-state index < -0.39 is 4.92 Å². The fourth-order valence-electron chi connectivity index (χ4n) is 2.11. The van der Waals surface area contributed by atoms with Gasteiger partial charge in [0.15, 0.2) is 0 Å². The van der Waals surface area contributed by atoms with Crippen molar-refractivity contribution in [2.45, 2.75) is 25.5 Å². The Hall–Kier alpha value is -1.66. The fraction of sp³-hybridized carbons (Fsp3) is 0.538. The summed E-state index contributed by atoms with van der Waals surface area (Å²) in [5.74, 6) is 0.676. The van der Waals surface area contributed by atoms with Crippen LogP contribution >= 0.6 is 0 Å². The number of nitro benzene ring substituents is 1. The van der Waals surface area contributed by atoms with Gasteiger partial charge in [-0.25, -0.2) is 0 Å². The molecule has 0 bridgehead atoms. The minimum absolute atomic E-state index is 0.0784. The maximum absolute atomic E-state index is 10.8. The van der Waals surface area contributed by atoms with E-state index in [1.807, 2.05) is 0 Å². The van der Waals surface area contributed by atoms with E-state index in [0.29, 0.717) is 18.9 Å². The Labute approximate surface area is 111 Å². The van der Waals surface area contributed by atoms with Gasteiger partial charge in [0, 0.05) is 30.8 Å². The Bertz CT molecular complexity index is 444. The molecule has 1 fully saturated rings. The third-order valence-corrected chi connectivity index (χ3v) is 3.07. The first-order valence-electron chi connectivity index (χ1n) is 6.37. The zero-order valence-corrected chi connectivity index (χ0v) is 10.9. The second-order valence-corrected chi connectivity index (χ2v) is 4.53. The summed E-state index contributed by atoms with van der Waals surface area (Å²) in [5.41, 5.74) is 0.865. The van der Waals surface area contributed by atoms with Gasteiger partial charge in [-0.1, -0.05) is 0 Å². The highest BCUT2D eigenvalue weighted by Gasteiger charge is 2.17. The second-order valence-electron chi connectivity index (χ2n) is 4.53. The average molecular weight is 266 g/mol. The van der Waals surface area contributed by atoms with Crippen molar-refractivity contribution < 1.29 is 14.4 Å². The molecule has 6 heteroatoms. The van der Waals surface area contributed by atoms with Gasteiger partial charge in [-0.3, -0.25) is 10.1 Å². The van der Waals surface area contributed by atoms with Gasteiger partial charge in [0.05, 0.1) is 11.0 Å². The number of rotatable bonds is 6. The van der Waals surface area contributed by atoms with Gasteiger partial charge in [0.2, 0.25) is 0 Å². The Morgan fingerprint density at radius 1 is 1.58 bits per heavy atom. The molecule has 1 aromatic carbocycles. The molecule has 1 aliphatic heterocycles. The van der Waals surface area contributed by atoms with Crippen LogP contribution in [0.4, 0.5) is 5.69 Å². The summed E-state index contributed by atoms with van der Waals surface area (Å²) in [4.78, 5) is 10.4. The number of benzene rings is 1. The van der Waals surface area contributed by atoms with Crippen LogP contribution in [0.1, 0.15) is 18.4 Å². The molecule has 19 heavy (non-hydrogen) atoms. The molecule has 1 saturated heterocycles. The van der Waals surface area contributed by atoms with Crippen LogP contribution in [-0.2, 0) is 11.3 Å². The van der Waals surface area contributed by atoms with Crippen molar-refractivity contribution >= 4 is 5.69 Å². The lowest BCUT2D eigenvalue weighted by Gasteiger charge is -2.14. The molecule has 2 rings (SSSR count). The first kappa shape index (κ1) is 13.8. The third kappa shape index (κ3) is 3.65. The zero-order valence-electron chi connectivity index (χ0n) is 10.9. The van der Waals surface area contributed by atoms with E-state index in [-0.39, 0.29) is 11.8 Å². The predicted molar refractivity (Wildman–Crippen MR) is 70.3 cm³/mol. The Balaban J connectivity index is 2.06. The monoisotopic (exact) mass is 266 g/mol. The summed E-state index contributed by atoms with van der Waals surface area (Å²) in [6.45, 7) is 1.81. The maximum atomic E-state index is 10.8. The van der Waals surface area contributed by atoms with Crippen molar-refractivity contribution in [2.75, 3.05) is 20.3 Å². The smallest absolute Gasteiger partial charge is 0.270 e. The van der Waals surface area contributed by atoms with Crippen molar-refractivity contribution in [1.82, 2.24) is 5.32 Å². The molecule has 1 atom stereocenters. The Morgan fingerprint density at radius 2 is 2.42 bits per heavy atom. The highest BCUT2D eigenvalue weighted by molar-refractivity contribution is 5.43. The quantitative estimate of drug-likeness (QED) is 0.628. The van der Waals surface area contributed by atoms with E-state index in [9.17, 15) is 10.1 Å². The molecule has 0 amide bonds. The summed E-state index contributed by atoms with van der Waals surface area (Å²) in [6.07, 6.45) is 2.21. The summed E-state index contributed by atoms with van der Waals surface area (Å²) >= 11 is 0. The summed E-state index contributed by atoms with van der Waals surface area (Å²) < 4.78 is 11.2. The van der Waals surface area contributed by atoms with Gasteiger partial charge >= 0.3 is 0 Å². The van der Waals surface area contributed by atoms with Crippen molar-refractivity contribution in [3.63, 3.8) is 0 Å². The van der Waals surface area contributed by atoms with Crippen LogP contribution in [0.2, 0.25) is 0 Å². The van der Waals surface area contributed by atoms with Crippen molar-refractivity contribution in [3.05, 3.63) is 33.9 Å². The van der Waals surface area contributed by atoms with E-state index in [1.54, 1.807) is 19.2 Å². The molecule has 0 aliphatic carbocycles. The van der Waals surface area contributed by atoms with Gasteiger partial charge < -0.3 is 14.8 Å². The molecule has 6 nitrogen and oxygen atoms in total.